The zero-order valence-electron chi connectivity index (χ0n) is 27.2. The highest BCUT2D eigenvalue weighted by Crippen LogP contribution is 2.40. The van der Waals surface area contributed by atoms with E-state index in [0.717, 1.165) is 40.7 Å². The fourth-order valence-corrected chi connectivity index (χ4v) is 4.86. The Balaban J connectivity index is 2.09. The molecule has 2 aliphatic heterocycles. The van der Waals surface area contributed by atoms with Crippen molar-refractivity contribution in [3.05, 3.63) is 35.9 Å². The summed E-state index contributed by atoms with van der Waals surface area (Å²) < 4.78 is 49.2. The molecule has 0 bridgehead atoms. The fourth-order valence-electron chi connectivity index (χ4n) is 4.86. The van der Waals surface area contributed by atoms with Crippen LogP contribution in [0.15, 0.2) is 30.3 Å². The number of hydrogen-bond donors (Lipinski definition) is 3. The first-order valence-corrected chi connectivity index (χ1v) is 14.8. The van der Waals surface area contributed by atoms with Gasteiger partial charge in [-0.2, -0.15) is 0 Å². The molecule has 0 aliphatic carbocycles. The molecule has 0 radical (unpaired) electrons. The van der Waals surface area contributed by atoms with Gasteiger partial charge in [0.25, 0.3) is 0 Å². The molecular weight excluding hydrogens is 660 g/mol. The molecule has 2 fully saturated rings. The summed E-state index contributed by atoms with van der Waals surface area (Å²) in [5.74, 6) is -7.92. The van der Waals surface area contributed by atoms with Gasteiger partial charge in [0.2, 0.25) is 12.1 Å². The SMILES string of the molecule is CC(=O)OCC1OC(OC2(COC(C)=O)OC(COC(C)=O)C(O)C2OC(=O)C=Cc2ccc(O)cc2)C(OC(C)=O)C(OC(C)=O)C1O. The molecule has 18 nitrogen and oxygen atoms in total. The second-order valence-electron chi connectivity index (χ2n) is 10.9. The Bertz CT molecular complexity index is 1390. The number of rotatable bonds is 13. The minimum absolute atomic E-state index is 0.0206. The summed E-state index contributed by atoms with van der Waals surface area (Å²) in [6.45, 7) is 3.04. The number of carbonyl (C=O) groups excluding carboxylic acids is 6. The summed E-state index contributed by atoms with van der Waals surface area (Å²) in [7, 11) is 0. The predicted molar refractivity (Wildman–Crippen MR) is 157 cm³/mol. The molecule has 9 atom stereocenters. The van der Waals surface area contributed by atoms with Gasteiger partial charge in [-0.3, -0.25) is 24.0 Å². The normalized spacial score (nSPS) is 29.4. The van der Waals surface area contributed by atoms with Crippen LogP contribution >= 0.6 is 0 Å². The van der Waals surface area contributed by atoms with Crippen LogP contribution in [0.3, 0.4) is 0 Å². The first-order valence-electron chi connectivity index (χ1n) is 14.8. The summed E-state index contributed by atoms with van der Waals surface area (Å²) >= 11 is 0. The maximum atomic E-state index is 13.1. The van der Waals surface area contributed by atoms with Gasteiger partial charge in [-0.15, -0.1) is 0 Å². The van der Waals surface area contributed by atoms with E-state index in [0.29, 0.717) is 5.56 Å². The van der Waals surface area contributed by atoms with Gasteiger partial charge in [0.15, 0.2) is 18.3 Å². The number of aliphatic hydroxyl groups is 2. The number of aliphatic hydroxyl groups excluding tert-OH is 2. The van der Waals surface area contributed by atoms with E-state index >= 15 is 0 Å². The Morgan fingerprint density at radius 3 is 1.84 bits per heavy atom. The summed E-state index contributed by atoms with van der Waals surface area (Å²) in [5.41, 5.74) is 0.474. The summed E-state index contributed by atoms with van der Waals surface area (Å²) in [4.78, 5) is 72.5. The molecule has 2 aliphatic rings. The van der Waals surface area contributed by atoms with Crippen molar-refractivity contribution in [1.29, 1.82) is 0 Å². The maximum Gasteiger partial charge on any atom is 0.331 e. The number of esters is 6. The van der Waals surface area contributed by atoms with E-state index in [1.54, 1.807) is 0 Å². The average molecular weight is 699 g/mol. The lowest BCUT2D eigenvalue weighted by Crippen LogP contribution is -2.65. The van der Waals surface area contributed by atoms with Crippen LogP contribution in [0.2, 0.25) is 0 Å². The third-order valence-corrected chi connectivity index (χ3v) is 6.94. The number of benzene rings is 1. The Labute approximate surface area is 279 Å². The van der Waals surface area contributed by atoms with Crippen LogP contribution < -0.4 is 0 Å². The Hall–Kier alpha value is -4.62. The number of phenols is 1. The van der Waals surface area contributed by atoms with Crippen molar-refractivity contribution < 1.29 is 86.7 Å². The zero-order chi connectivity index (χ0) is 36.5. The Morgan fingerprint density at radius 1 is 0.735 bits per heavy atom. The van der Waals surface area contributed by atoms with E-state index in [4.69, 9.17) is 42.6 Å². The second-order valence-corrected chi connectivity index (χ2v) is 10.9. The lowest BCUT2D eigenvalue weighted by Gasteiger charge is -2.45. The standard InChI is InChI=1S/C31H38O18/c1-15(32)41-12-22-25(39)27(44-18(4)35)28(45-19(5)36)30(46-22)49-31(14-43-17(3)34)29(26(40)23(48-31)13-42-16(2)33)47-24(38)11-8-20-6-9-21(37)10-7-20/h6-11,22-23,25-30,37,39-40H,12-14H2,1-5H3. The van der Waals surface area contributed by atoms with Gasteiger partial charge in [-0.1, -0.05) is 12.1 Å². The summed E-state index contributed by atoms with van der Waals surface area (Å²) in [5, 5.41) is 31.8. The molecule has 0 spiro atoms. The molecule has 2 saturated heterocycles. The van der Waals surface area contributed by atoms with Crippen molar-refractivity contribution in [3.8, 4) is 5.75 Å². The average Bonchev–Trinajstić information content (AvgIpc) is 3.26. The quantitative estimate of drug-likeness (QED) is 0.133. The lowest BCUT2D eigenvalue weighted by atomic mass is 9.98. The van der Waals surface area contributed by atoms with Gasteiger partial charge >= 0.3 is 35.8 Å². The number of phenolic OH excluding ortho intramolecular Hbond substituents is 1. The molecule has 1 aromatic carbocycles. The number of aromatic hydroxyl groups is 1. The van der Waals surface area contributed by atoms with Crippen LogP contribution in [0.25, 0.3) is 6.08 Å². The van der Waals surface area contributed by atoms with Crippen LogP contribution in [-0.2, 0) is 71.4 Å². The summed E-state index contributed by atoms with van der Waals surface area (Å²) in [6, 6.07) is 5.72. The highest BCUT2D eigenvalue weighted by atomic mass is 16.8. The van der Waals surface area contributed by atoms with Crippen LogP contribution in [0.5, 0.6) is 5.75 Å². The molecule has 3 rings (SSSR count). The molecule has 0 saturated carbocycles. The molecular formula is C31H38O18. The van der Waals surface area contributed by atoms with E-state index in [2.05, 4.69) is 0 Å². The molecule has 49 heavy (non-hydrogen) atoms. The van der Waals surface area contributed by atoms with Crippen LogP contribution in [0, 0.1) is 0 Å². The van der Waals surface area contributed by atoms with Gasteiger partial charge in [0.1, 0.15) is 50.0 Å². The van der Waals surface area contributed by atoms with Gasteiger partial charge in [0.05, 0.1) is 0 Å². The first-order chi connectivity index (χ1) is 23.0. The van der Waals surface area contributed by atoms with Crippen LogP contribution in [0.1, 0.15) is 40.2 Å². The van der Waals surface area contributed by atoms with E-state index in [1.165, 1.54) is 30.3 Å². The highest BCUT2D eigenvalue weighted by Gasteiger charge is 2.63. The molecule has 270 valence electrons. The third kappa shape index (κ3) is 10.9. The molecule has 3 N–H and O–H groups in total. The van der Waals surface area contributed by atoms with E-state index < -0.39 is 110 Å². The van der Waals surface area contributed by atoms with Crippen molar-refractivity contribution in [1.82, 2.24) is 0 Å². The Morgan fingerprint density at radius 2 is 1.29 bits per heavy atom. The number of hydrogen-bond acceptors (Lipinski definition) is 18. The predicted octanol–water partition coefficient (Wildman–Crippen LogP) is -0.572. The van der Waals surface area contributed by atoms with Gasteiger partial charge < -0.3 is 58.0 Å². The van der Waals surface area contributed by atoms with E-state index in [-0.39, 0.29) is 5.75 Å². The largest absolute Gasteiger partial charge is 0.508 e. The summed E-state index contributed by atoms with van der Waals surface area (Å²) in [6.07, 6.45) is -11.6. The van der Waals surface area contributed by atoms with Crippen molar-refractivity contribution in [2.45, 2.75) is 89.4 Å². The monoisotopic (exact) mass is 698 g/mol. The van der Waals surface area contributed by atoms with Crippen molar-refractivity contribution >= 4 is 41.9 Å². The van der Waals surface area contributed by atoms with Crippen LogP contribution in [-0.4, -0.2) is 126 Å². The molecule has 18 heteroatoms. The van der Waals surface area contributed by atoms with E-state index in [9.17, 15) is 44.1 Å². The fraction of sp³-hybridized carbons (Fsp3) is 0.548. The second kappa shape index (κ2) is 17.2. The van der Waals surface area contributed by atoms with Gasteiger partial charge in [0, 0.05) is 40.7 Å². The van der Waals surface area contributed by atoms with E-state index in [1.807, 2.05) is 0 Å². The van der Waals surface area contributed by atoms with Gasteiger partial charge in [-0.05, 0) is 23.8 Å². The zero-order valence-corrected chi connectivity index (χ0v) is 27.2. The Kier molecular flexibility index (Phi) is 13.6. The van der Waals surface area contributed by atoms with Gasteiger partial charge in [-0.25, -0.2) is 4.79 Å². The van der Waals surface area contributed by atoms with Crippen molar-refractivity contribution in [2.24, 2.45) is 0 Å². The number of ether oxygens (including phenoxy) is 9. The molecule has 9 unspecified atom stereocenters. The molecule has 2 heterocycles. The van der Waals surface area contributed by atoms with Crippen LogP contribution in [0.4, 0.5) is 0 Å². The van der Waals surface area contributed by atoms with Crippen molar-refractivity contribution in [2.75, 3.05) is 19.8 Å². The molecule has 0 amide bonds. The smallest absolute Gasteiger partial charge is 0.331 e. The molecule has 1 aromatic rings. The third-order valence-electron chi connectivity index (χ3n) is 6.94. The number of carbonyl (C=O) groups is 6. The lowest BCUT2D eigenvalue weighted by molar-refractivity contribution is -0.384. The minimum Gasteiger partial charge on any atom is -0.508 e. The first kappa shape index (κ1) is 38.8. The maximum absolute atomic E-state index is 13.1. The highest BCUT2D eigenvalue weighted by molar-refractivity contribution is 5.87. The molecule has 0 aromatic heterocycles. The van der Waals surface area contributed by atoms with Crippen molar-refractivity contribution in [3.63, 3.8) is 0 Å². The minimum atomic E-state index is -2.52. The topological polar surface area (TPSA) is 246 Å².